The van der Waals surface area contributed by atoms with Crippen LogP contribution in [-0.2, 0) is 19.6 Å². The fourth-order valence-electron chi connectivity index (χ4n) is 3.10. The maximum absolute atomic E-state index is 13.4. The maximum Gasteiger partial charge on any atom is 0.330 e. The van der Waals surface area contributed by atoms with Gasteiger partial charge in [-0.05, 0) is 23.8 Å². The second-order valence-electron chi connectivity index (χ2n) is 6.32. The molecule has 2 aromatic rings. The Bertz CT molecular complexity index is 1010. The summed E-state index contributed by atoms with van der Waals surface area (Å²) in [6.45, 7) is 1.70. The van der Waals surface area contributed by atoms with Gasteiger partial charge in [0.2, 0.25) is 10.0 Å². The smallest absolute Gasteiger partial charge is 0.330 e. The third-order valence-corrected chi connectivity index (χ3v) is 7.36. The highest BCUT2D eigenvalue weighted by molar-refractivity contribution is 7.89. The summed E-state index contributed by atoms with van der Waals surface area (Å²) >= 11 is 1.52. The van der Waals surface area contributed by atoms with Crippen molar-refractivity contribution in [1.29, 1.82) is 0 Å². The van der Waals surface area contributed by atoms with Crippen LogP contribution < -0.4 is 14.4 Å². The van der Waals surface area contributed by atoms with Gasteiger partial charge in [0.1, 0.15) is 4.90 Å². The first-order chi connectivity index (χ1) is 14.4. The molecule has 0 bridgehead atoms. The molecular weight excluding hydrogens is 430 g/mol. The Morgan fingerprint density at radius 3 is 2.43 bits per heavy atom. The lowest BCUT2D eigenvalue weighted by Crippen LogP contribution is -2.48. The van der Waals surface area contributed by atoms with Crippen molar-refractivity contribution in [3.05, 3.63) is 35.3 Å². The molecule has 0 unspecified atom stereocenters. The number of aromatic nitrogens is 1. The number of sulfonamides is 1. The SMILES string of the molecule is COC(=O)/C=C/c1cc(OC)c(OC)c(S(=O)(=O)N2CCN(c3nccs3)CC2)c1. The number of ether oxygens (including phenoxy) is 3. The lowest BCUT2D eigenvalue weighted by molar-refractivity contribution is -0.134. The van der Waals surface area contributed by atoms with E-state index < -0.39 is 16.0 Å². The Labute approximate surface area is 179 Å². The molecule has 0 spiro atoms. The van der Waals surface area contributed by atoms with Gasteiger partial charge in [-0.15, -0.1) is 11.3 Å². The molecule has 1 aromatic heterocycles. The van der Waals surface area contributed by atoms with Gasteiger partial charge in [0.05, 0.1) is 21.3 Å². The zero-order valence-electron chi connectivity index (χ0n) is 16.9. The molecule has 0 aliphatic carbocycles. The van der Waals surface area contributed by atoms with Crippen molar-refractivity contribution in [2.75, 3.05) is 52.4 Å². The zero-order chi connectivity index (χ0) is 21.7. The molecule has 1 aliphatic heterocycles. The largest absolute Gasteiger partial charge is 0.493 e. The summed E-state index contributed by atoms with van der Waals surface area (Å²) in [7, 11) is 0.220. The Hall–Kier alpha value is -2.63. The third-order valence-electron chi connectivity index (χ3n) is 4.63. The van der Waals surface area contributed by atoms with Crippen LogP contribution in [0.25, 0.3) is 6.08 Å². The first kappa shape index (κ1) is 22.1. The van der Waals surface area contributed by atoms with Crippen molar-refractivity contribution in [3.8, 4) is 11.5 Å². The quantitative estimate of drug-likeness (QED) is 0.463. The van der Waals surface area contributed by atoms with Gasteiger partial charge in [-0.2, -0.15) is 4.31 Å². The monoisotopic (exact) mass is 453 g/mol. The number of methoxy groups -OCH3 is 3. The normalized spacial score (nSPS) is 15.4. The predicted molar refractivity (Wildman–Crippen MR) is 114 cm³/mol. The van der Waals surface area contributed by atoms with E-state index in [-0.39, 0.29) is 16.4 Å². The fraction of sp³-hybridized carbons (Fsp3) is 0.368. The molecule has 0 N–H and O–H groups in total. The molecule has 9 nitrogen and oxygen atoms in total. The number of hydrogen-bond acceptors (Lipinski definition) is 9. The molecular formula is C19H23N3O6S2. The number of hydrogen-bond donors (Lipinski definition) is 0. The molecule has 162 valence electrons. The third kappa shape index (κ3) is 4.58. The predicted octanol–water partition coefficient (Wildman–Crippen LogP) is 1.86. The summed E-state index contributed by atoms with van der Waals surface area (Å²) < 4.78 is 43.5. The van der Waals surface area contributed by atoms with Crippen molar-refractivity contribution < 1.29 is 27.4 Å². The molecule has 0 saturated carbocycles. The number of benzene rings is 1. The molecule has 0 amide bonds. The van der Waals surface area contributed by atoms with Gasteiger partial charge < -0.3 is 19.1 Å². The van der Waals surface area contributed by atoms with E-state index in [1.807, 2.05) is 5.38 Å². The minimum absolute atomic E-state index is 0.0171. The van der Waals surface area contributed by atoms with Crippen LogP contribution in [0.4, 0.5) is 5.13 Å². The molecule has 1 saturated heterocycles. The van der Waals surface area contributed by atoms with Crippen molar-refractivity contribution >= 4 is 38.5 Å². The number of anilines is 1. The summed E-state index contributed by atoms with van der Waals surface area (Å²) in [6, 6.07) is 3.06. The fourth-order valence-corrected chi connectivity index (χ4v) is 5.42. The Morgan fingerprint density at radius 2 is 1.87 bits per heavy atom. The van der Waals surface area contributed by atoms with E-state index in [4.69, 9.17) is 9.47 Å². The molecule has 0 atom stereocenters. The average molecular weight is 454 g/mol. The summed E-state index contributed by atoms with van der Waals surface area (Å²) in [4.78, 5) is 17.7. The summed E-state index contributed by atoms with van der Waals surface area (Å²) in [5.41, 5.74) is 0.470. The van der Waals surface area contributed by atoms with Crippen molar-refractivity contribution in [1.82, 2.24) is 9.29 Å². The molecule has 1 fully saturated rings. The zero-order valence-corrected chi connectivity index (χ0v) is 18.5. The Kier molecular flexibility index (Phi) is 6.95. The van der Waals surface area contributed by atoms with E-state index in [2.05, 4.69) is 14.6 Å². The molecule has 30 heavy (non-hydrogen) atoms. The standard InChI is InChI=1S/C19H23N3O6S2/c1-26-15-12-14(4-5-17(23)27-2)13-16(18(15)28-3)30(24,25)22-9-7-21(8-10-22)19-20-6-11-29-19/h4-6,11-13H,7-10H2,1-3H3/b5-4+. The van der Waals surface area contributed by atoms with Crippen LogP contribution in [0.3, 0.4) is 0 Å². The number of carbonyl (C=O) groups is 1. The Morgan fingerprint density at radius 1 is 1.13 bits per heavy atom. The number of nitrogens with zero attached hydrogens (tertiary/aromatic N) is 3. The van der Waals surface area contributed by atoms with E-state index in [1.165, 1.54) is 55.2 Å². The van der Waals surface area contributed by atoms with Gasteiger partial charge in [-0.3, -0.25) is 0 Å². The highest BCUT2D eigenvalue weighted by Crippen LogP contribution is 2.38. The number of carbonyl (C=O) groups excluding carboxylic acids is 1. The molecule has 0 radical (unpaired) electrons. The molecule has 1 aromatic carbocycles. The van der Waals surface area contributed by atoms with Gasteiger partial charge in [-0.1, -0.05) is 0 Å². The van der Waals surface area contributed by atoms with Crippen molar-refractivity contribution in [2.24, 2.45) is 0 Å². The van der Waals surface area contributed by atoms with E-state index in [1.54, 1.807) is 12.3 Å². The second-order valence-corrected chi connectivity index (χ2v) is 9.10. The molecule has 2 heterocycles. The minimum atomic E-state index is -3.86. The van der Waals surface area contributed by atoms with Crippen LogP contribution >= 0.6 is 11.3 Å². The van der Waals surface area contributed by atoms with Gasteiger partial charge in [0, 0.05) is 43.8 Å². The topological polar surface area (TPSA) is 98.3 Å². The molecule has 11 heteroatoms. The lowest BCUT2D eigenvalue weighted by atomic mass is 10.2. The summed E-state index contributed by atoms with van der Waals surface area (Å²) in [5.74, 6) is -0.174. The molecule has 1 aliphatic rings. The minimum Gasteiger partial charge on any atom is -0.493 e. The van der Waals surface area contributed by atoms with Crippen LogP contribution in [0.5, 0.6) is 11.5 Å². The van der Waals surface area contributed by atoms with Crippen LogP contribution in [-0.4, -0.2) is 71.2 Å². The lowest BCUT2D eigenvalue weighted by Gasteiger charge is -2.34. The average Bonchev–Trinajstić information content (AvgIpc) is 3.31. The van der Waals surface area contributed by atoms with E-state index in [0.717, 1.165) is 5.13 Å². The van der Waals surface area contributed by atoms with Gasteiger partial charge in [0.15, 0.2) is 16.6 Å². The summed E-state index contributed by atoms with van der Waals surface area (Å²) in [6.07, 6.45) is 4.41. The Balaban J connectivity index is 1.92. The second kappa shape index (κ2) is 9.45. The van der Waals surface area contributed by atoms with E-state index in [0.29, 0.717) is 31.7 Å². The highest BCUT2D eigenvalue weighted by Gasteiger charge is 2.33. The maximum atomic E-state index is 13.4. The molecule has 3 rings (SSSR count). The number of piperazine rings is 1. The van der Waals surface area contributed by atoms with Crippen LogP contribution in [0.2, 0.25) is 0 Å². The summed E-state index contributed by atoms with van der Waals surface area (Å²) in [5, 5.41) is 2.77. The van der Waals surface area contributed by atoms with Gasteiger partial charge in [-0.25, -0.2) is 18.2 Å². The number of thiazole rings is 1. The van der Waals surface area contributed by atoms with Crippen LogP contribution in [0.15, 0.2) is 34.7 Å². The highest BCUT2D eigenvalue weighted by atomic mass is 32.2. The van der Waals surface area contributed by atoms with Crippen LogP contribution in [0, 0.1) is 0 Å². The van der Waals surface area contributed by atoms with Crippen LogP contribution in [0.1, 0.15) is 5.56 Å². The van der Waals surface area contributed by atoms with Crippen molar-refractivity contribution in [2.45, 2.75) is 4.90 Å². The first-order valence-electron chi connectivity index (χ1n) is 9.07. The van der Waals surface area contributed by atoms with Gasteiger partial charge in [0.25, 0.3) is 0 Å². The van der Waals surface area contributed by atoms with E-state index >= 15 is 0 Å². The first-order valence-corrected chi connectivity index (χ1v) is 11.4. The number of esters is 1. The van der Waals surface area contributed by atoms with E-state index in [9.17, 15) is 13.2 Å². The van der Waals surface area contributed by atoms with Gasteiger partial charge >= 0.3 is 5.97 Å². The number of rotatable bonds is 7. The van der Waals surface area contributed by atoms with Crippen molar-refractivity contribution in [3.63, 3.8) is 0 Å².